The van der Waals surface area contributed by atoms with Crippen molar-refractivity contribution in [2.75, 3.05) is 13.7 Å². The molecule has 5 heteroatoms. The van der Waals surface area contributed by atoms with Gasteiger partial charge in [0.25, 0.3) is 0 Å². The van der Waals surface area contributed by atoms with Gasteiger partial charge in [-0.15, -0.1) is 0 Å². The lowest BCUT2D eigenvalue weighted by Crippen LogP contribution is -2.10. The third-order valence-corrected chi connectivity index (χ3v) is 3.36. The molecule has 0 unspecified atom stereocenters. The van der Waals surface area contributed by atoms with Crippen LogP contribution in [0.1, 0.15) is 19.8 Å². The molecule has 0 aliphatic heterocycles. The second-order valence-corrected chi connectivity index (χ2v) is 5.20. The summed E-state index contributed by atoms with van der Waals surface area (Å²) in [6.45, 7) is 2.07. The summed E-state index contributed by atoms with van der Waals surface area (Å²) in [5.41, 5.74) is 0. The molecule has 94 valence electrons. The van der Waals surface area contributed by atoms with Crippen LogP contribution in [-0.2, 0) is 4.79 Å². The topological polar surface area (TPSA) is 35.5 Å². The first-order valence-electron chi connectivity index (χ1n) is 5.26. The fraction of sp³-hybridized carbons (Fsp3) is 0.417. The smallest absolute Gasteiger partial charge is 0.170 e. The molecule has 0 fully saturated rings. The van der Waals surface area contributed by atoms with Gasteiger partial charge in [-0.2, -0.15) is 0 Å². The van der Waals surface area contributed by atoms with E-state index in [1.807, 2.05) is 6.92 Å². The van der Waals surface area contributed by atoms with Crippen molar-refractivity contribution in [3.8, 4) is 11.5 Å². The van der Waals surface area contributed by atoms with Crippen LogP contribution in [0.2, 0.25) is 0 Å². The van der Waals surface area contributed by atoms with Gasteiger partial charge in [0, 0.05) is 6.42 Å². The molecular weight excluding hydrogens is 352 g/mol. The fourth-order valence-corrected chi connectivity index (χ4v) is 2.21. The lowest BCUT2D eigenvalue weighted by Gasteiger charge is -2.10. The van der Waals surface area contributed by atoms with E-state index in [0.717, 1.165) is 15.4 Å². The Morgan fingerprint density at radius 3 is 2.41 bits per heavy atom. The van der Waals surface area contributed by atoms with E-state index in [9.17, 15) is 4.79 Å². The summed E-state index contributed by atoms with van der Waals surface area (Å²) in [4.78, 5) is 11.4. The molecule has 0 heterocycles. The molecule has 0 aliphatic carbocycles. The summed E-state index contributed by atoms with van der Waals surface area (Å²) in [6, 6.07) is 3.58. The van der Waals surface area contributed by atoms with Gasteiger partial charge in [-0.3, -0.25) is 4.79 Å². The number of Topliss-reactive ketones (excluding diaryl/α,β-unsaturated/α-hetero) is 1. The van der Waals surface area contributed by atoms with Gasteiger partial charge in [-0.1, -0.05) is 6.92 Å². The molecule has 1 aromatic rings. The number of methoxy groups -OCH3 is 1. The molecule has 0 aliphatic rings. The van der Waals surface area contributed by atoms with Crippen molar-refractivity contribution >= 4 is 37.6 Å². The maximum Gasteiger partial charge on any atom is 0.170 e. The number of hydrogen-bond donors (Lipinski definition) is 0. The van der Waals surface area contributed by atoms with Crippen LogP contribution in [0.15, 0.2) is 21.1 Å². The maximum absolute atomic E-state index is 11.4. The Kier molecular flexibility index (Phi) is 5.98. The molecule has 1 rings (SSSR count). The van der Waals surface area contributed by atoms with E-state index in [4.69, 9.17) is 9.47 Å². The Hall–Kier alpha value is -0.550. The molecule has 0 radical (unpaired) electrons. The number of benzene rings is 1. The molecular formula is C12H14Br2O3. The van der Waals surface area contributed by atoms with Gasteiger partial charge in [0.15, 0.2) is 5.78 Å². The average molecular weight is 366 g/mol. The molecule has 17 heavy (non-hydrogen) atoms. The summed E-state index contributed by atoms with van der Waals surface area (Å²) in [7, 11) is 1.60. The minimum Gasteiger partial charge on any atom is -0.496 e. The van der Waals surface area contributed by atoms with Gasteiger partial charge in [0.1, 0.15) is 18.1 Å². The zero-order valence-electron chi connectivity index (χ0n) is 9.76. The van der Waals surface area contributed by atoms with E-state index < -0.39 is 0 Å². The van der Waals surface area contributed by atoms with E-state index in [-0.39, 0.29) is 12.4 Å². The van der Waals surface area contributed by atoms with Gasteiger partial charge in [-0.05, 0) is 50.4 Å². The van der Waals surface area contributed by atoms with Crippen molar-refractivity contribution < 1.29 is 14.3 Å². The highest BCUT2D eigenvalue weighted by molar-refractivity contribution is 9.11. The van der Waals surface area contributed by atoms with Crippen LogP contribution < -0.4 is 9.47 Å². The molecule has 0 aromatic heterocycles. The van der Waals surface area contributed by atoms with Gasteiger partial charge in [0.2, 0.25) is 0 Å². The van der Waals surface area contributed by atoms with E-state index >= 15 is 0 Å². The third-order valence-electron chi connectivity index (χ3n) is 2.12. The SMILES string of the molecule is CCCC(=O)COc1cc(Br)c(OC)cc1Br. The molecule has 0 N–H and O–H groups in total. The monoisotopic (exact) mass is 364 g/mol. The van der Waals surface area contributed by atoms with Gasteiger partial charge >= 0.3 is 0 Å². The molecule has 3 nitrogen and oxygen atoms in total. The second kappa shape index (κ2) is 7.01. The molecule has 0 saturated heterocycles. The van der Waals surface area contributed by atoms with E-state index in [0.29, 0.717) is 17.9 Å². The lowest BCUT2D eigenvalue weighted by molar-refractivity contribution is -0.121. The summed E-state index contributed by atoms with van der Waals surface area (Å²) in [5, 5.41) is 0. The number of ether oxygens (including phenoxy) is 2. The van der Waals surface area contributed by atoms with Crippen LogP contribution in [0.25, 0.3) is 0 Å². The van der Waals surface area contributed by atoms with Crippen LogP contribution in [-0.4, -0.2) is 19.5 Å². The average Bonchev–Trinajstić information content (AvgIpc) is 2.30. The highest BCUT2D eigenvalue weighted by Gasteiger charge is 2.09. The number of hydrogen-bond acceptors (Lipinski definition) is 3. The Balaban J connectivity index is 2.72. The van der Waals surface area contributed by atoms with Crippen molar-refractivity contribution in [1.29, 1.82) is 0 Å². The van der Waals surface area contributed by atoms with Crippen LogP contribution in [0.5, 0.6) is 11.5 Å². The van der Waals surface area contributed by atoms with E-state index in [1.54, 1.807) is 19.2 Å². The maximum atomic E-state index is 11.4. The Morgan fingerprint density at radius 2 is 1.82 bits per heavy atom. The summed E-state index contributed by atoms with van der Waals surface area (Å²) in [6.07, 6.45) is 1.39. The summed E-state index contributed by atoms with van der Waals surface area (Å²) >= 11 is 6.74. The highest BCUT2D eigenvalue weighted by atomic mass is 79.9. The minimum absolute atomic E-state index is 0.102. The van der Waals surface area contributed by atoms with Crippen LogP contribution in [0.4, 0.5) is 0 Å². The first-order chi connectivity index (χ1) is 8.08. The normalized spacial score (nSPS) is 10.1. The van der Waals surface area contributed by atoms with Crippen molar-refractivity contribution in [3.05, 3.63) is 21.1 Å². The molecule has 0 saturated carbocycles. The quantitative estimate of drug-likeness (QED) is 0.765. The zero-order chi connectivity index (χ0) is 12.8. The molecule has 0 bridgehead atoms. The third kappa shape index (κ3) is 4.32. The van der Waals surface area contributed by atoms with E-state index in [2.05, 4.69) is 31.9 Å². The number of rotatable bonds is 6. The predicted molar refractivity (Wildman–Crippen MR) is 73.8 cm³/mol. The van der Waals surface area contributed by atoms with Crippen molar-refractivity contribution in [2.24, 2.45) is 0 Å². The van der Waals surface area contributed by atoms with Crippen molar-refractivity contribution in [2.45, 2.75) is 19.8 Å². The van der Waals surface area contributed by atoms with Gasteiger partial charge in [-0.25, -0.2) is 0 Å². The molecule has 0 spiro atoms. The second-order valence-electron chi connectivity index (χ2n) is 3.49. The lowest BCUT2D eigenvalue weighted by atomic mass is 10.2. The number of halogens is 2. The predicted octanol–water partition coefficient (Wildman–Crippen LogP) is 3.97. The Morgan fingerprint density at radius 1 is 1.24 bits per heavy atom. The molecule has 1 aromatic carbocycles. The van der Waals surface area contributed by atoms with Crippen molar-refractivity contribution in [1.82, 2.24) is 0 Å². The Bertz CT molecular complexity index is 405. The first kappa shape index (κ1) is 14.5. The number of ketones is 1. The molecule has 0 atom stereocenters. The highest BCUT2D eigenvalue weighted by Crippen LogP contribution is 2.35. The number of carbonyl (C=O) groups is 1. The Labute approximate surface area is 118 Å². The van der Waals surface area contributed by atoms with Gasteiger partial charge in [0.05, 0.1) is 16.1 Å². The van der Waals surface area contributed by atoms with Gasteiger partial charge < -0.3 is 9.47 Å². The fourth-order valence-electron chi connectivity index (χ4n) is 1.29. The zero-order valence-corrected chi connectivity index (χ0v) is 12.9. The standard InChI is InChI=1S/C12H14Br2O3/c1-3-4-8(15)7-17-12-6-9(13)11(16-2)5-10(12)14/h5-6H,3-4,7H2,1-2H3. The summed E-state index contributed by atoms with van der Waals surface area (Å²) in [5.74, 6) is 1.44. The van der Waals surface area contributed by atoms with E-state index in [1.165, 1.54) is 0 Å². The number of carbonyl (C=O) groups excluding carboxylic acids is 1. The van der Waals surface area contributed by atoms with Crippen molar-refractivity contribution in [3.63, 3.8) is 0 Å². The van der Waals surface area contributed by atoms with Crippen LogP contribution in [0, 0.1) is 0 Å². The molecule has 0 amide bonds. The van der Waals surface area contributed by atoms with Crippen LogP contribution in [0.3, 0.4) is 0 Å². The largest absolute Gasteiger partial charge is 0.496 e. The summed E-state index contributed by atoms with van der Waals surface area (Å²) < 4.78 is 12.2. The first-order valence-corrected chi connectivity index (χ1v) is 6.84. The van der Waals surface area contributed by atoms with Crippen LogP contribution >= 0.6 is 31.9 Å². The minimum atomic E-state index is 0.102.